The highest BCUT2D eigenvalue weighted by Gasteiger charge is 2.24. The first-order valence-electron chi connectivity index (χ1n) is 5.65. The third kappa shape index (κ3) is 3.82. The molecule has 0 saturated heterocycles. The highest BCUT2D eigenvalue weighted by molar-refractivity contribution is 6.33. The van der Waals surface area contributed by atoms with Crippen LogP contribution in [-0.4, -0.2) is 24.0 Å². The Labute approximate surface area is 115 Å². The zero-order valence-corrected chi connectivity index (χ0v) is 11.6. The van der Waals surface area contributed by atoms with E-state index in [0.29, 0.717) is 5.69 Å². The van der Waals surface area contributed by atoms with E-state index >= 15 is 0 Å². The third-order valence-corrected chi connectivity index (χ3v) is 2.91. The average molecular weight is 287 g/mol. The summed E-state index contributed by atoms with van der Waals surface area (Å²) in [5, 5.41) is 13.7. The Hall–Kier alpha value is -1.82. The average Bonchev–Trinajstić information content (AvgIpc) is 2.35. The van der Waals surface area contributed by atoms with E-state index in [1.54, 1.807) is 0 Å². The van der Waals surface area contributed by atoms with E-state index in [1.165, 1.54) is 25.3 Å². The summed E-state index contributed by atoms with van der Waals surface area (Å²) in [6.45, 7) is 3.71. The van der Waals surface area contributed by atoms with Gasteiger partial charge < -0.3 is 10.1 Å². The van der Waals surface area contributed by atoms with Crippen LogP contribution in [0.2, 0.25) is 5.02 Å². The van der Waals surface area contributed by atoms with Crippen molar-refractivity contribution in [3.05, 3.63) is 33.3 Å². The van der Waals surface area contributed by atoms with E-state index in [-0.39, 0.29) is 16.6 Å². The molecule has 0 aromatic heterocycles. The van der Waals surface area contributed by atoms with Crippen molar-refractivity contribution in [2.75, 3.05) is 12.4 Å². The lowest BCUT2D eigenvalue weighted by Gasteiger charge is -2.21. The van der Waals surface area contributed by atoms with Crippen LogP contribution in [0.3, 0.4) is 0 Å². The molecular weight excluding hydrogens is 272 g/mol. The summed E-state index contributed by atoms with van der Waals surface area (Å²) in [5.74, 6) is -0.428. The van der Waals surface area contributed by atoms with Crippen molar-refractivity contribution in [1.82, 2.24) is 0 Å². The Morgan fingerprint density at radius 1 is 1.47 bits per heavy atom. The molecule has 0 spiro atoms. The normalized spacial score (nSPS) is 12.1. The highest BCUT2D eigenvalue weighted by atomic mass is 35.5. The highest BCUT2D eigenvalue weighted by Crippen LogP contribution is 2.28. The lowest BCUT2D eigenvalue weighted by Crippen LogP contribution is -2.35. The molecule has 104 valence electrons. The molecule has 6 nitrogen and oxygen atoms in total. The van der Waals surface area contributed by atoms with E-state index in [9.17, 15) is 14.9 Å². The molecule has 0 bridgehead atoms. The second-order valence-electron chi connectivity index (χ2n) is 4.31. The fourth-order valence-corrected chi connectivity index (χ4v) is 1.76. The van der Waals surface area contributed by atoms with Crippen molar-refractivity contribution in [3.63, 3.8) is 0 Å². The number of non-ortho nitro benzene ring substituents is 1. The summed E-state index contributed by atoms with van der Waals surface area (Å²) < 4.78 is 4.69. The van der Waals surface area contributed by atoms with Crippen molar-refractivity contribution in [2.45, 2.75) is 19.9 Å². The molecule has 1 atom stereocenters. The van der Waals surface area contributed by atoms with Gasteiger partial charge in [0.15, 0.2) is 0 Å². The number of esters is 1. The lowest BCUT2D eigenvalue weighted by atomic mass is 10.0. The van der Waals surface area contributed by atoms with E-state index in [4.69, 9.17) is 16.3 Å². The minimum atomic E-state index is -0.566. The molecule has 1 rings (SSSR count). The van der Waals surface area contributed by atoms with Crippen LogP contribution in [0.1, 0.15) is 13.8 Å². The van der Waals surface area contributed by atoms with Gasteiger partial charge in [-0.1, -0.05) is 25.4 Å². The van der Waals surface area contributed by atoms with Gasteiger partial charge in [0.1, 0.15) is 6.04 Å². The molecule has 1 unspecified atom stereocenters. The Kier molecular flexibility index (Phi) is 5.11. The van der Waals surface area contributed by atoms with Crippen molar-refractivity contribution in [2.24, 2.45) is 5.92 Å². The zero-order valence-electron chi connectivity index (χ0n) is 10.8. The van der Waals surface area contributed by atoms with Crippen LogP contribution < -0.4 is 5.32 Å². The number of nitro benzene ring substituents is 1. The molecular formula is C12H15ClN2O4. The first-order chi connectivity index (χ1) is 8.86. The molecule has 0 aliphatic heterocycles. The van der Waals surface area contributed by atoms with Gasteiger partial charge in [-0.2, -0.15) is 0 Å². The third-order valence-electron chi connectivity index (χ3n) is 2.60. The van der Waals surface area contributed by atoms with Crippen LogP contribution in [0.15, 0.2) is 18.2 Å². The number of carbonyl (C=O) groups is 1. The molecule has 7 heteroatoms. The van der Waals surface area contributed by atoms with Gasteiger partial charge in [0.05, 0.1) is 22.7 Å². The largest absolute Gasteiger partial charge is 0.467 e. The van der Waals surface area contributed by atoms with Crippen molar-refractivity contribution in [1.29, 1.82) is 0 Å². The maximum atomic E-state index is 11.6. The van der Waals surface area contributed by atoms with Gasteiger partial charge in [-0.15, -0.1) is 0 Å². The van der Waals surface area contributed by atoms with Crippen LogP contribution in [0.25, 0.3) is 0 Å². The van der Waals surface area contributed by atoms with Crippen LogP contribution >= 0.6 is 11.6 Å². The van der Waals surface area contributed by atoms with E-state index in [0.717, 1.165) is 0 Å². The summed E-state index contributed by atoms with van der Waals surface area (Å²) in [4.78, 5) is 21.7. The van der Waals surface area contributed by atoms with Gasteiger partial charge in [0, 0.05) is 12.1 Å². The number of nitrogens with one attached hydrogen (secondary N) is 1. The zero-order chi connectivity index (χ0) is 14.6. The van der Waals surface area contributed by atoms with Gasteiger partial charge >= 0.3 is 5.97 Å². The predicted octanol–water partition coefficient (Wildman–Crippen LogP) is 2.86. The van der Waals surface area contributed by atoms with Gasteiger partial charge in [-0.05, 0) is 12.0 Å². The van der Waals surface area contributed by atoms with Crippen LogP contribution in [0.4, 0.5) is 11.4 Å². The number of halogens is 1. The number of benzene rings is 1. The Morgan fingerprint density at radius 2 is 2.11 bits per heavy atom. The fourth-order valence-electron chi connectivity index (χ4n) is 1.53. The van der Waals surface area contributed by atoms with Gasteiger partial charge in [-0.25, -0.2) is 4.79 Å². The Balaban J connectivity index is 2.97. The number of methoxy groups -OCH3 is 1. The van der Waals surface area contributed by atoms with E-state index in [1.807, 2.05) is 13.8 Å². The van der Waals surface area contributed by atoms with Gasteiger partial charge in [-0.3, -0.25) is 10.1 Å². The number of hydrogen-bond acceptors (Lipinski definition) is 5. The van der Waals surface area contributed by atoms with Gasteiger partial charge in [0.25, 0.3) is 5.69 Å². The quantitative estimate of drug-likeness (QED) is 0.511. The molecule has 1 aromatic rings. The van der Waals surface area contributed by atoms with Crippen molar-refractivity contribution < 1.29 is 14.5 Å². The summed E-state index contributed by atoms with van der Waals surface area (Å²) in [6.07, 6.45) is 0. The lowest BCUT2D eigenvalue weighted by molar-refractivity contribution is -0.384. The number of ether oxygens (including phenoxy) is 1. The topological polar surface area (TPSA) is 81.5 Å². The molecule has 19 heavy (non-hydrogen) atoms. The first kappa shape index (κ1) is 15.2. The summed E-state index contributed by atoms with van der Waals surface area (Å²) in [5.41, 5.74) is 0.353. The number of nitrogens with zero attached hydrogens (tertiary/aromatic N) is 1. The summed E-state index contributed by atoms with van der Waals surface area (Å²) >= 11 is 5.95. The van der Waals surface area contributed by atoms with Crippen molar-refractivity contribution in [3.8, 4) is 0 Å². The molecule has 0 radical (unpaired) electrons. The molecule has 0 amide bonds. The Bertz CT molecular complexity index is 491. The predicted molar refractivity (Wildman–Crippen MR) is 72.4 cm³/mol. The fraction of sp³-hybridized carbons (Fsp3) is 0.417. The minimum Gasteiger partial charge on any atom is -0.467 e. The second-order valence-corrected chi connectivity index (χ2v) is 4.72. The van der Waals surface area contributed by atoms with Crippen molar-refractivity contribution >= 4 is 28.9 Å². The first-order valence-corrected chi connectivity index (χ1v) is 6.03. The van der Waals surface area contributed by atoms with Crippen LogP contribution in [0, 0.1) is 16.0 Å². The Morgan fingerprint density at radius 3 is 2.53 bits per heavy atom. The molecule has 0 fully saturated rings. The standard InChI is InChI=1S/C12H15ClN2O4/c1-7(2)11(12(16)19-3)14-10-5-4-8(15(17)18)6-9(10)13/h4-7,11,14H,1-3H3. The number of hydrogen-bond donors (Lipinski definition) is 1. The molecule has 1 N–H and O–H groups in total. The van der Waals surface area contributed by atoms with E-state index in [2.05, 4.69) is 5.32 Å². The van der Waals surface area contributed by atoms with Crippen LogP contribution in [0.5, 0.6) is 0 Å². The molecule has 0 aliphatic carbocycles. The maximum Gasteiger partial charge on any atom is 0.328 e. The maximum absolute atomic E-state index is 11.6. The molecule has 0 heterocycles. The van der Waals surface area contributed by atoms with E-state index < -0.39 is 16.9 Å². The molecule has 0 aliphatic rings. The molecule has 0 saturated carbocycles. The second kappa shape index (κ2) is 6.38. The minimum absolute atomic E-state index is 0.0151. The SMILES string of the molecule is COC(=O)C(Nc1ccc([N+](=O)[O-])cc1Cl)C(C)C. The van der Waals surface area contributed by atoms with Gasteiger partial charge in [0.2, 0.25) is 0 Å². The number of anilines is 1. The number of carbonyl (C=O) groups excluding carboxylic acids is 1. The monoisotopic (exact) mass is 286 g/mol. The molecule has 1 aromatic carbocycles. The smallest absolute Gasteiger partial charge is 0.328 e. The van der Waals surface area contributed by atoms with Crippen LogP contribution in [-0.2, 0) is 9.53 Å². The number of rotatable bonds is 5. The summed E-state index contributed by atoms with van der Waals surface area (Å²) in [7, 11) is 1.30. The number of nitro groups is 1. The summed E-state index contributed by atoms with van der Waals surface area (Å²) in [6, 6.07) is 3.46.